The number of carbonyl (C=O) groups excluding carboxylic acids is 1. The number of benzene rings is 1. The molecule has 1 saturated carbocycles. The highest BCUT2D eigenvalue weighted by molar-refractivity contribution is 5.79. The van der Waals surface area contributed by atoms with E-state index in [0.29, 0.717) is 25.8 Å². The fourth-order valence-electron chi connectivity index (χ4n) is 3.25. The van der Waals surface area contributed by atoms with Gasteiger partial charge in [0.05, 0.1) is 13.2 Å². The molecule has 3 N–H and O–H groups in total. The second-order valence-corrected chi connectivity index (χ2v) is 8.38. The Bertz CT molecular complexity index is 635. The van der Waals surface area contributed by atoms with Crippen molar-refractivity contribution in [2.75, 3.05) is 20.2 Å². The Morgan fingerprint density at radius 1 is 1.07 bits per heavy atom. The third-order valence-electron chi connectivity index (χ3n) is 4.66. The van der Waals surface area contributed by atoms with Gasteiger partial charge in [0.15, 0.2) is 5.96 Å². The number of ether oxygens (including phenoxy) is 2. The Labute approximate surface area is 174 Å². The van der Waals surface area contributed by atoms with Crippen LogP contribution in [-0.2, 0) is 16.1 Å². The van der Waals surface area contributed by atoms with Gasteiger partial charge in [-0.2, -0.15) is 0 Å². The third kappa shape index (κ3) is 9.65. The number of hydrogen-bond donors (Lipinski definition) is 3. The van der Waals surface area contributed by atoms with Gasteiger partial charge >= 0.3 is 6.09 Å². The number of aliphatic imine (C=N–C) groups is 1. The molecule has 0 heterocycles. The van der Waals surface area contributed by atoms with Crippen molar-refractivity contribution >= 4 is 12.1 Å². The molecule has 0 saturated heterocycles. The first-order valence-corrected chi connectivity index (χ1v) is 10.4. The lowest BCUT2D eigenvalue weighted by atomic mass is 9.91. The first-order valence-electron chi connectivity index (χ1n) is 10.4. The van der Waals surface area contributed by atoms with Crippen molar-refractivity contribution in [1.29, 1.82) is 0 Å². The van der Waals surface area contributed by atoms with E-state index in [9.17, 15) is 4.79 Å². The fraction of sp³-hybridized carbons (Fsp3) is 0.636. The van der Waals surface area contributed by atoms with Crippen LogP contribution in [0.25, 0.3) is 0 Å². The summed E-state index contributed by atoms with van der Waals surface area (Å²) < 4.78 is 11.0. The SMILES string of the molecule is CN=C(NCCOCc1ccccc1)NC1CCC(NC(=O)OC(C)(C)C)CC1. The quantitative estimate of drug-likeness (QED) is 0.369. The fourth-order valence-corrected chi connectivity index (χ4v) is 3.25. The van der Waals surface area contributed by atoms with E-state index in [1.54, 1.807) is 7.05 Å². The highest BCUT2D eigenvalue weighted by atomic mass is 16.6. The minimum atomic E-state index is -0.466. The lowest BCUT2D eigenvalue weighted by Gasteiger charge is -2.31. The molecule has 1 aliphatic carbocycles. The molecule has 0 radical (unpaired) electrons. The van der Waals surface area contributed by atoms with Crippen molar-refractivity contribution in [3.63, 3.8) is 0 Å². The standard InChI is InChI=1S/C22H36N4O3/c1-22(2,3)29-21(27)26-19-12-10-18(11-13-19)25-20(23-4)24-14-15-28-16-17-8-6-5-7-9-17/h5-9,18-19H,10-16H2,1-4H3,(H,26,27)(H2,23,24,25). The molecule has 29 heavy (non-hydrogen) atoms. The minimum Gasteiger partial charge on any atom is -0.444 e. The first-order chi connectivity index (χ1) is 13.9. The molecule has 1 aliphatic rings. The van der Waals surface area contributed by atoms with Crippen LogP contribution in [0.15, 0.2) is 35.3 Å². The van der Waals surface area contributed by atoms with Gasteiger partial charge in [0.25, 0.3) is 0 Å². The molecule has 0 spiro atoms. The number of hydrogen-bond acceptors (Lipinski definition) is 4. The van der Waals surface area contributed by atoms with E-state index in [4.69, 9.17) is 9.47 Å². The van der Waals surface area contributed by atoms with Gasteiger partial charge in [0.2, 0.25) is 0 Å². The summed E-state index contributed by atoms with van der Waals surface area (Å²) in [5.41, 5.74) is 0.706. The summed E-state index contributed by atoms with van der Waals surface area (Å²) in [4.78, 5) is 16.2. The molecule has 1 fully saturated rings. The lowest BCUT2D eigenvalue weighted by molar-refractivity contribution is 0.0490. The van der Waals surface area contributed by atoms with E-state index < -0.39 is 5.60 Å². The molecule has 1 amide bonds. The van der Waals surface area contributed by atoms with Crippen LogP contribution in [0.5, 0.6) is 0 Å². The zero-order valence-electron chi connectivity index (χ0n) is 18.2. The smallest absolute Gasteiger partial charge is 0.407 e. The summed E-state index contributed by atoms with van der Waals surface area (Å²) in [6.07, 6.45) is 3.47. The summed E-state index contributed by atoms with van der Waals surface area (Å²) in [5, 5.41) is 9.74. The minimum absolute atomic E-state index is 0.171. The van der Waals surface area contributed by atoms with Crippen molar-refractivity contribution in [3.05, 3.63) is 35.9 Å². The number of guanidine groups is 1. The molecule has 7 nitrogen and oxygen atoms in total. The van der Waals surface area contributed by atoms with Crippen LogP contribution in [0.1, 0.15) is 52.0 Å². The zero-order chi connectivity index (χ0) is 21.1. The van der Waals surface area contributed by atoms with Crippen LogP contribution in [0.3, 0.4) is 0 Å². The molecule has 1 aromatic rings. The first kappa shape index (κ1) is 23.0. The molecular weight excluding hydrogens is 368 g/mol. The van der Waals surface area contributed by atoms with Crippen molar-refractivity contribution < 1.29 is 14.3 Å². The summed E-state index contributed by atoms with van der Waals surface area (Å²) in [7, 11) is 1.77. The maximum absolute atomic E-state index is 11.9. The summed E-state index contributed by atoms with van der Waals surface area (Å²) in [5.74, 6) is 0.789. The number of rotatable bonds is 7. The molecule has 0 atom stereocenters. The van der Waals surface area contributed by atoms with Gasteiger partial charge < -0.3 is 25.4 Å². The molecule has 2 rings (SSSR count). The highest BCUT2D eigenvalue weighted by Gasteiger charge is 2.25. The predicted octanol–water partition coefficient (Wildman–Crippen LogP) is 3.20. The van der Waals surface area contributed by atoms with Crippen LogP contribution in [0.4, 0.5) is 4.79 Å². The molecule has 1 aromatic carbocycles. The largest absolute Gasteiger partial charge is 0.444 e. The zero-order valence-corrected chi connectivity index (χ0v) is 18.2. The van der Waals surface area contributed by atoms with Gasteiger partial charge in [-0.25, -0.2) is 4.79 Å². The second-order valence-electron chi connectivity index (χ2n) is 8.38. The number of nitrogens with one attached hydrogen (secondary N) is 3. The Morgan fingerprint density at radius 2 is 1.69 bits per heavy atom. The van der Waals surface area contributed by atoms with Crippen molar-refractivity contribution in [2.24, 2.45) is 4.99 Å². The Kier molecular flexibility index (Phi) is 9.25. The molecule has 0 aromatic heterocycles. The van der Waals surface area contributed by atoms with Gasteiger partial charge in [0.1, 0.15) is 5.60 Å². The van der Waals surface area contributed by atoms with Gasteiger partial charge in [-0.05, 0) is 52.0 Å². The maximum atomic E-state index is 11.9. The number of amides is 1. The van der Waals surface area contributed by atoms with Crippen LogP contribution >= 0.6 is 0 Å². The Balaban J connectivity index is 1.59. The average molecular weight is 405 g/mol. The van der Waals surface area contributed by atoms with Crippen molar-refractivity contribution in [2.45, 2.75) is 70.7 Å². The molecule has 162 valence electrons. The van der Waals surface area contributed by atoms with E-state index in [1.807, 2.05) is 39.0 Å². The second kappa shape index (κ2) is 11.7. The Morgan fingerprint density at radius 3 is 2.28 bits per heavy atom. The van der Waals surface area contributed by atoms with Gasteiger partial charge in [-0.1, -0.05) is 30.3 Å². The van der Waals surface area contributed by atoms with Gasteiger partial charge in [-0.3, -0.25) is 4.99 Å². The monoisotopic (exact) mass is 404 g/mol. The van der Waals surface area contributed by atoms with Crippen LogP contribution < -0.4 is 16.0 Å². The maximum Gasteiger partial charge on any atom is 0.407 e. The summed E-state index contributed by atoms with van der Waals surface area (Å²) in [6, 6.07) is 10.7. The normalized spacial score (nSPS) is 20.1. The number of alkyl carbamates (subject to hydrolysis) is 1. The van der Waals surface area contributed by atoms with E-state index in [-0.39, 0.29) is 12.1 Å². The van der Waals surface area contributed by atoms with Crippen LogP contribution in [-0.4, -0.2) is 49.9 Å². The van der Waals surface area contributed by atoms with Gasteiger partial charge in [0, 0.05) is 25.7 Å². The third-order valence-corrected chi connectivity index (χ3v) is 4.66. The van der Waals surface area contributed by atoms with E-state index in [1.165, 1.54) is 5.56 Å². The molecule has 0 unspecified atom stereocenters. The van der Waals surface area contributed by atoms with E-state index >= 15 is 0 Å². The molecule has 7 heteroatoms. The predicted molar refractivity (Wildman–Crippen MR) is 116 cm³/mol. The van der Waals surface area contributed by atoms with E-state index in [2.05, 4.69) is 33.1 Å². The van der Waals surface area contributed by atoms with E-state index in [0.717, 1.165) is 31.6 Å². The molecular formula is C22H36N4O3. The Hall–Kier alpha value is -2.28. The molecule has 0 aliphatic heterocycles. The lowest BCUT2D eigenvalue weighted by Crippen LogP contribution is -2.48. The average Bonchev–Trinajstić information content (AvgIpc) is 2.67. The summed E-state index contributed by atoms with van der Waals surface area (Å²) >= 11 is 0. The number of carbonyl (C=O) groups is 1. The summed E-state index contributed by atoms with van der Waals surface area (Å²) in [6.45, 7) is 7.55. The highest BCUT2D eigenvalue weighted by Crippen LogP contribution is 2.19. The van der Waals surface area contributed by atoms with Crippen molar-refractivity contribution in [1.82, 2.24) is 16.0 Å². The van der Waals surface area contributed by atoms with Gasteiger partial charge in [-0.15, -0.1) is 0 Å². The van der Waals surface area contributed by atoms with Crippen LogP contribution in [0, 0.1) is 0 Å². The van der Waals surface area contributed by atoms with Crippen molar-refractivity contribution in [3.8, 4) is 0 Å². The van der Waals surface area contributed by atoms with Crippen LogP contribution in [0.2, 0.25) is 0 Å². The number of nitrogens with zero attached hydrogens (tertiary/aromatic N) is 1. The topological polar surface area (TPSA) is 84.0 Å². The molecule has 0 bridgehead atoms.